The summed E-state index contributed by atoms with van der Waals surface area (Å²) in [5.74, 6) is -13.9. The molecule has 0 atom stereocenters. The van der Waals surface area contributed by atoms with Crippen molar-refractivity contribution in [2.45, 2.75) is 6.42 Å². The van der Waals surface area contributed by atoms with Crippen molar-refractivity contribution in [2.24, 2.45) is 0 Å². The fourth-order valence-corrected chi connectivity index (χ4v) is 2.70. The highest BCUT2D eigenvalue weighted by molar-refractivity contribution is 5.77. The Morgan fingerprint density at radius 3 is 1.93 bits per heavy atom. The Bertz CT molecular complexity index is 1080. The van der Waals surface area contributed by atoms with E-state index >= 15 is 0 Å². The highest BCUT2D eigenvalue weighted by atomic mass is 19.2. The number of rotatable bonds is 5. The molecule has 3 aromatic rings. The predicted octanol–water partition coefficient (Wildman–Crippen LogP) is 4.91. The molecule has 0 bridgehead atoms. The number of aromatic hydroxyl groups is 1. The van der Waals surface area contributed by atoms with Crippen molar-refractivity contribution in [3.63, 3.8) is 0 Å². The van der Waals surface area contributed by atoms with Crippen molar-refractivity contribution in [3.8, 4) is 28.4 Å². The number of esters is 1. The number of carbonyl (C=O) groups excluding carboxylic acids is 1. The van der Waals surface area contributed by atoms with Crippen LogP contribution >= 0.6 is 0 Å². The first-order valence-electron chi connectivity index (χ1n) is 8.41. The summed E-state index contributed by atoms with van der Waals surface area (Å²) in [6.45, 7) is 0. The van der Waals surface area contributed by atoms with Gasteiger partial charge in [-0.15, -0.1) is 0 Å². The lowest BCUT2D eigenvalue weighted by molar-refractivity contribution is -0.134. The number of phenols is 1. The molecule has 3 rings (SSSR count). The lowest BCUT2D eigenvalue weighted by Gasteiger charge is -2.12. The first kappa shape index (κ1) is 21.1. The van der Waals surface area contributed by atoms with Gasteiger partial charge in [0.15, 0.2) is 0 Å². The third-order valence-electron chi connectivity index (χ3n) is 4.21. The average molecular weight is 424 g/mol. The molecule has 0 aliphatic carbocycles. The molecule has 0 aliphatic rings. The molecule has 0 amide bonds. The third-order valence-corrected chi connectivity index (χ3v) is 4.21. The summed E-state index contributed by atoms with van der Waals surface area (Å²) < 4.78 is 76.5. The van der Waals surface area contributed by atoms with E-state index in [4.69, 9.17) is 4.74 Å². The van der Waals surface area contributed by atoms with E-state index in [9.17, 15) is 31.9 Å². The Kier molecular flexibility index (Phi) is 5.91. The molecule has 0 saturated carbocycles. The Morgan fingerprint density at radius 1 is 0.833 bits per heavy atom. The summed E-state index contributed by atoms with van der Waals surface area (Å²) >= 11 is 0. The zero-order valence-corrected chi connectivity index (χ0v) is 15.3. The van der Waals surface area contributed by atoms with Gasteiger partial charge in [-0.05, 0) is 29.3 Å². The van der Waals surface area contributed by atoms with Crippen LogP contribution in [0.2, 0.25) is 0 Å². The van der Waals surface area contributed by atoms with Gasteiger partial charge in [-0.3, -0.25) is 4.79 Å². The summed E-state index contributed by atoms with van der Waals surface area (Å²) in [4.78, 5) is 12.1. The van der Waals surface area contributed by atoms with Gasteiger partial charge in [-0.25, -0.2) is 13.2 Å². The molecule has 4 nitrogen and oxygen atoms in total. The van der Waals surface area contributed by atoms with Gasteiger partial charge in [0.05, 0.1) is 13.5 Å². The Labute approximate surface area is 167 Å². The summed E-state index contributed by atoms with van der Waals surface area (Å²) in [6, 6.07) is 11.0. The van der Waals surface area contributed by atoms with E-state index in [2.05, 4.69) is 4.74 Å². The van der Waals surface area contributed by atoms with Crippen LogP contribution in [0, 0.1) is 29.1 Å². The molecule has 0 radical (unpaired) electrons. The number of phenolic OH excluding ortho intramolecular Hbond substituents is 1. The molecule has 1 N–H and O–H groups in total. The zero-order chi connectivity index (χ0) is 22.0. The molecule has 0 fully saturated rings. The molecule has 0 heterocycles. The summed E-state index contributed by atoms with van der Waals surface area (Å²) in [5, 5.41) is 9.36. The molecule has 0 aromatic heterocycles. The molecular weight excluding hydrogens is 411 g/mol. The lowest BCUT2D eigenvalue weighted by atomic mass is 10.0. The van der Waals surface area contributed by atoms with Gasteiger partial charge in [0.25, 0.3) is 0 Å². The van der Waals surface area contributed by atoms with Gasteiger partial charge < -0.3 is 14.6 Å². The van der Waals surface area contributed by atoms with E-state index in [1.807, 2.05) is 0 Å². The average Bonchev–Trinajstić information content (AvgIpc) is 2.75. The first-order valence-corrected chi connectivity index (χ1v) is 8.41. The Morgan fingerprint density at radius 2 is 1.37 bits per heavy atom. The zero-order valence-electron chi connectivity index (χ0n) is 15.3. The SMILES string of the molecule is COc1cc(-c2ccc(O)cc2)ccc1CC(=O)Oc1c(F)c(F)c(F)c(F)c1F. The normalized spacial score (nSPS) is 10.7. The minimum Gasteiger partial charge on any atom is -0.508 e. The summed E-state index contributed by atoms with van der Waals surface area (Å²) in [7, 11) is 1.33. The van der Waals surface area contributed by atoms with Gasteiger partial charge in [0, 0.05) is 5.56 Å². The molecule has 3 aromatic carbocycles. The van der Waals surface area contributed by atoms with Crippen LogP contribution in [-0.4, -0.2) is 18.2 Å². The number of methoxy groups -OCH3 is 1. The fraction of sp³-hybridized carbons (Fsp3) is 0.0952. The minimum atomic E-state index is -2.35. The van der Waals surface area contributed by atoms with E-state index in [1.54, 1.807) is 24.3 Å². The van der Waals surface area contributed by atoms with Crippen molar-refractivity contribution in [2.75, 3.05) is 7.11 Å². The van der Waals surface area contributed by atoms with E-state index < -0.39 is 47.2 Å². The third kappa shape index (κ3) is 4.05. The van der Waals surface area contributed by atoms with Gasteiger partial charge in [-0.2, -0.15) is 8.78 Å². The maximum Gasteiger partial charge on any atom is 0.316 e. The Hall–Kier alpha value is -3.62. The fourth-order valence-electron chi connectivity index (χ4n) is 2.70. The van der Waals surface area contributed by atoms with Crippen molar-refractivity contribution in [3.05, 3.63) is 77.1 Å². The summed E-state index contributed by atoms with van der Waals surface area (Å²) in [6.07, 6.45) is -0.557. The number of hydrogen-bond acceptors (Lipinski definition) is 4. The number of ether oxygens (including phenoxy) is 2. The van der Waals surface area contributed by atoms with Gasteiger partial charge in [-0.1, -0.05) is 24.3 Å². The van der Waals surface area contributed by atoms with E-state index in [0.29, 0.717) is 5.56 Å². The quantitative estimate of drug-likeness (QED) is 0.208. The second-order valence-corrected chi connectivity index (χ2v) is 6.12. The minimum absolute atomic E-state index is 0.0817. The monoisotopic (exact) mass is 424 g/mol. The smallest absolute Gasteiger partial charge is 0.316 e. The standard InChI is InChI=1S/C21H13F5O4/c1-29-14-8-11(10-4-6-13(27)7-5-10)2-3-12(14)9-15(28)30-21-19(25)17(23)16(22)18(24)20(21)26/h2-8,27H,9H2,1H3. The second kappa shape index (κ2) is 8.40. The van der Waals surface area contributed by atoms with Gasteiger partial charge in [0.1, 0.15) is 11.5 Å². The molecule has 30 heavy (non-hydrogen) atoms. The van der Waals surface area contributed by atoms with Crippen LogP contribution < -0.4 is 9.47 Å². The number of hydrogen-bond donors (Lipinski definition) is 1. The van der Waals surface area contributed by atoms with Crippen LogP contribution in [0.4, 0.5) is 22.0 Å². The number of benzene rings is 3. The van der Waals surface area contributed by atoms with Crippen LogP contribution in [-0.2, 0) is 11.2 Å². The van der Waals surface area contributed by atoms with Crippen LogP contribution in [0.1, 0.15) is 5.56 Å². The molecular formula is C21H13F5O4. The van der Waals surface area contributed by atoms with E-state index in [0.717, 1.165) is 5.56 Å². The maximum atomic E-state index is 13.7. The van der Waals surface area contributed by atoms with Crippen LogP contribution in [0.25, 0.3) is 11.1 Å². The molecule has 0 spiro atoms. The number of halogens is 5. The number of carbonyl (C=O) groups is 1. The Balaban J connectivity index is 1.85. The maximum absolute atomic E-state index is 13.7. The van der Waals surface area contributed by atoms with Crippen molar-refractivity contribution in [1.82, 2.24) is 0 Å². The molecule has 0 aliphatic heterocycles. The van der Waals surface area contributed by atoms with Gasteiger partial charge >= 0.3 is 5.97 Å². The van der Waals surface area contributed by atoms with Crippen molar-refractivity contribution < 1.29 is 41.3 Å². The molecule has 0 saturated heterocycles. The molecule has 0 unspecified atom stereocenters. The highest BCUT2D eigenvalue weighted by Crippen LogP contribution is 2.31. The molecule has 156 valence electrons. The first-order chi connectivity index (χ1) is 14.2. The van der Waals surface area contributed by atoms with E-state index in [-0.39, 0.29) is 17.1 Å². The van der Waals surface area contributed by atoms with Crippen LogP contribution in [0.3, 0.4) is 0 Å². The summed E-state index contributed by atoms with van der Waals surface area (Å²) in [5.41, 5.74) is 1.68. The van der Waals surface area contributed by atoms with Crippen molar-refractivity contribution >= 4 is 5.97 Å². The van der Waals surface area contributed by atoms with Crippen LogP contribution in [0.15, 0.2) is 42.5 Å². The predicted molar refractivity (Wildman–Crippen MR) is 95.7 cm³/mol. The lowest BCUT2D eigenvalue weighted by Crippen LogP contribution is -2.16. The van der Waals surface area contributed by atoms with Gasteiger partial charge in [0.2, 0.25) is 34.8 Å². The van der Waals surface area contributed by atoms with Crippen LogP contribution in [0.5, 0.6) is 17.2 Å². The van der Waals surface area contributed by atoms with E-state index in [1.165, 1.54) is 25.3 Å². The van der Waals surface area contributed by atoms with Crippen molar-refractivity contribution in [1.29, 1.82) is 0 Å². The highest BCUT2D eigenvalue weighted by Gasteiger charge is 2.28. The molecule has 9 heteroatoms. The topological polar surface area (TPSA) is 55.8 Å². The second-order valence-electron chi connectivity index (χ2n) is 6.12. The largest absolute Gasteiger partial charge is 0.508 e.